The van der Waals surface area contributed by atoms with Crippen LogP contribution in [-0.2, 0) is 13.1 Å². The minimum atomic E-state index is -0.586. The van der Waals surface area contributed by atoms with Crippen LogP contribution in [0.3, 0.4) is 0 Å². The van der Waals surface area contributed by atoms with Crippen LogP contribution in [0.2, 0.25) is 5.02 Å². The molecule has 9 heteroatoms. The van der Waals surface area contributed by atoms with E-state index in [1.165, 1.54) is 24.5 Å². The molecule has 166 valence electrons. The number of nitrogens with one attached hydrogen (secondary N) is 1. The first-order valence-corrected chi connectivity index (χ1v) is 10.4. The Morgan fingerprint density at radius 3 is 2.09 bits per heavy atom. The van der Waals surface area contributed by atoms with E-state index in [4.69, 9.17) is 11.6 Å². The Morgan fingerprint density at radius 2 is 1.55 bits per heavy atom. The van der Waals surface area contributed by atoms with Crippen LogP contribution in [0.5, 0.6) is 0 Å². The number of aromatic nitrogens is 2. The lowest BCUT2D eigenvalue weighted by molar-refractivity contribution is -0.383. The first kappa shape index (κ1) is 22.2. The Hall–Kier alpha value is -4.04. The number of hydrogen-bond donors (Lipinski definition) is 1. The SMILES string of the molecule is O=[N+]([O-])c1c(Nc2ccc(F)c(Cl)c2)ncnc1N(Cc1ccccc1)Cc1ccccc1. The van der Waals surface area contributed by atoms with E-state index in [1.54, 1.807) is 0 Å². The second kappa shape index (κ2) is 10.1. The fourth-order valence-electron chi connectivity index (χ4n) is 3.38. The molecule has 0 spiro atoms. The predicted molar refractivity (Wildman–Crippen MR) is 126 cm³/mol. The van der Waals surface area contributed by atoms with E-state index in [9.17, 15) is 14.5 Å². The van der Waals surface area contributed by atoms with E-state index in [1.807, 2.05) is 65.6 Å². The Morgan fingerprint density at radius 1 is 0.939 bits per heavy atom. The van der Waals surface area contributed by atoms with E-state index in [0.717, 1.165) is 11.1 Å². The molecular formula is C24H19ClFN5O2. The molecule has 0 aliphatic heterocycles. The van der Waals surface area contributed by atoms with Gasteiger partial charge in [-0.15, -0.1) is 0 Å². The summed E-state index contributed by atoms with van der Waals surface area (Å²) >= 11 is 5.85. The van der Waals surface area contributed by atoms with Crippen molar-refractivity contribution in [2.24, 2.45) is 0 Å². The number of hydrogen-bond acceptors (Lipinski definition) is 6. The fourth-order valence-corrected chi connectivity index (χ4v) is 3.56. The molecule has 4 rings (SSSR count). The number of anilines is 3. The van der Waals surface area contributed by atoms with Gasteiger partial charge in [0.05, 0.1) is 9.95 Å². The molecule has 1 N–H and O–H groups in total. The molecule has 7 nitrogen and oxygen atoms in total. The third-order valence-electron chi connectivity index (χ3n) is 4.90. The molecule has 0 fully saturated rings. The van der Waals surface area contributed by atoms with Crippen LogP contribution in [0.15, 0.2) is 85.2 Å². The Kier molecular flexibility index (Phi) is 6.75. The first-order valence-electron chi connectivity index (χ1n) is 10.1. The third kappa shape index (κ3) is 5.42. The summed E-state index contributed by atoms with van der Waals surface area (Å²) < 4.78 is 13.5. The molecule has 33 heavy (non-hydrogen) atoms. The molecular weight excluding hydrogens is 445 g/mol. The summed E-state index contributed by atoms with van der Waals surface area (Å²) in [5.74, 6) is -0.436. The van der Waals surface area contributed by atoms with Gasteiger partial charge in [0.25, 0.3) is 0 Å². The summed E-state index contributed by atoms with van der Waals surface area (Å²) in [6, 6.07) is 23.2. The zero-order chi connectivity index (χ0) is 23.2. The summed E-state index contributed by atoms with van der Waals surface area (Å²) in [5.41, 5.74) is 2.03. The van der Waals surface area contributed by atoms with Crippen molar-refractivity contribution >= 4 is 34.6 Å². The summed E-state index contributed by atoms with van der Waals surface area (Å²) in [6.45, 7) is 0.796. The van der Waals surface area contributed by atoms with E-state index in [0.29, 0.717) is 18.8 Å². The van der Waals surface area contributed by atoms with Crippen LogP contribution < -0.4 is 10.2 Å². The second-order valence-corrected chi connectivity index (χ2v) is 7.64. The molecule has 1 heterocycles. The molecule has 0 atom stereocenters. The van der Waals surface area contributed by atoms with Gasteiger partial charge in [0.15, 0.2) is 0 Å². The Bertz CT molecular complexity index is 1220. The standard InChI is InChI=1S/C24H19ClFN5O2/c25-20-13-19(11-12-21(20)26)29-23-22(31(32)33)24(28-16-27-23)30(14-17-7-3-1-4-8-17)15-18-9-5-2-6-10-18/h1-13,16H,14-15H2,(H,27,28,29). The van der Waals surface area contributed by atoms with Crippen LogP contribution in [0, 0.1) is 15.9 Å². The molecule has 0 unspecified atom stereocenters. The highest BCUT2D eigenvalue weighted by Crippen LogP contribution is 2.35. The third-order valence-corrected chi connectivity index (χ3v) is 5.19. The van der Waals surface area contributed by atoms with Gasteiger partial charge in [0.2, 0.25) is 11.6 Å². The van der Waals surface area contributed by atoms with Gasteiger partial charge in [-0.1, -0.05) is 72.3 Å². The highest BCUT2D eigenvalue weighted by Gasteiger charge is 2.27. The zero-order valence-corrected chi connectivity index (χ0v) is 18.1. The summed E-state index contributed by atoms with van der Waals surface area (Å²) in [5, 5.41) is 14.9. The molecule has 0 aliphatic rings. The molecule has 0 saturated heterocycles. The minimum Gasteiger partial charge on any atom is -0.342 e. The van der Waals surface area contributed by atoms with Gasteiger partial charge in [-0.05, 0) is 29.3 Å². The number of rotatable bonds is 8. The summed E-state index contributed by atoms with van der Waals surface area (Å²) in [7, 11) is 0. The van der Waals surface area contributed by atoms with Gasteiger partial charge in [-0.25, -0.2) is 14.4 Å². The van der Waals surface area contributed by atoms with Crippen molar-refractivity contribution in [2.75, 3.05) is 10.2 Å². The van der Waals surface area contributed by atoms with E-state index < -0.39 is 10.7 Å². The predicted octanol–water partition coefficient (Wildman–Crippen LogP) is 6.13. The Balaban J connectivity index is 1.75. The number of nitro groups is 1. The smallest absolute Gasteiger partial charge is 0.342 e. The van der Waals surface area contributed by atoms with Gasteiger partial charge in [0.1, 0.15) is 12.1 Å². The topological polar surface area (TPSA) is 84.2 Å². The van der Waals surface area contributed by atoms with Crippen molar-refractivity contribution in [2.45, 2.75) is 13.1 Å². The van der Waals surface area contributed by atoms with Gasteiger partial charge in [0, 0.05) is 18.8 Å². The zero-order valence-electron chi connectivity index (χ0n) is 17.4. The van der Waals surface area contributed by atoms with Crippen LogP contribution in [0.25, 0.3) is 0 Å². The van der Waals surface area contributed by atoms with E-state index in [-0.39, 0.29) is 22.3 Å². The second-order valence-electron chi connectivity index (χ2n) is 7.23. The molecule has 0 aliphatic carbocycles. The average molecular weight is 464 g/mol. The molecule has 0 radical (unpaired) electrons. The van der Waals surface area contributed by atoms with Gasteiger partial charge < -0.3 is 10.2 Å². The maximum Gasteiger partial charge on any atom is 0.353 e. The maximum absolute atomic E-state index is 13.5. The van der Waals surface area contributed by atoms with Gasteiger partial charge >= 0.3 is 5.69 Å². The minimum absolute atomic E-state index is 0.0150. The average Bonchev–Trinajstić information content (AvgIpc) is 2.82. The molecule has 0 bridgehead atoms. The van der Waals surface area contributed by atoms with E-state index in [2.05, 4.69) is 15.3 Å². The van der Waals surface area contributed by atoms with Crippen molar-refractivity contribution in [3.63, 3.8) is 0 Å². The van der Waals surface area contributed by atoms with Crippen molar-refractivity contribution in [1.82, 2.24) is 9.97 Å². The summed E-state index contributed by atoms with van der Waals surface area (Å²) in [4.78, 5) is 21.8. The largest absolute Gasteiger partial charge is 0.353 e. The maximum atomic E-state index is 13.5. The number of nitrogens with zero attached hydrogens (tertiary/aromatic N) is 4. The monoisotopic (exact) mass is 463 g/mol. The fraction of sp³-hybridized carbons (Fsp3) is 0.0833. The van der Waals surface area contributed by atoms with Gasteiger partial charge in [-0.2, -0.15) is 0 Å². The van der Waals surface area contributed by atoms with Gasteiger partial charge in [-0.3, -0.25) is 10.1 Å². The highest BCUT2D eigenvalue weighted by atomic mass is 35.5. The van der Waals surface area contributed by atoms with Crippen LogP contribution >= 0.6 is 11.6 Å². The number of halogens is 2. The van der Waals surface area contributed by atoms with Crippen molar-refractivity contribution in [3.05, 3.63) is 117 Å². The van der Waals surface area contributed by atoms with Crippen molar-refractivity contribution < 1.29 is 9.31 Å². The van der Waals surface area contributed by atoms with E-state index >= 15 is 0 Å². The first-order chi connectivity index (χ1) is 16.0. The molecule has 4 aromatic rings. The summed E-state index contributed by atoms with van der Waals surface area (Å²) in [6.07, 6.45) is 1.26. The lowest BCUT2D eigenvalue weighted by atomic mass is 10.1. The highest BCUT2D eigenvalue weighted by molar-refractivity contribution is 6.31. The lowest BCUT2D eigenvalue weighted by Gasteiger charge is -2.24. The number of benzene rings is 3. The Labute approximate surface area is 194 Å². The van der Waals surface area contributed by atoms with Crippen LogP contribution in [-0.4, -0.2) is 14.9 Å². The van der Waals surface area contributed by atoms with Crippen LogP contribution in [0.1, 0.15) is 11.1 Å². The molecule has 0 amide bonds. The normalized spacial score (nSPS) is 10.6. The molecule has 1 aromatic heterocycles. The van der Waals surface area contributed by atoms with Crippen molar-refractivity contribution in [3.8, 4) is 0 Å². The van der Waals surface area contributed by atoms with Crippen LogP contribution in [0.4, 0.5) is 27.4 Å². The quantitative estimate of drug-likeness (QED) is 0.250. The van der Waals surface area contributed by atoms with Crippen molar-refractivity contribution in [1.29, 1.82) is 0 Å². The molecule has 0 saturated carbocycles. The lowest BCUT2D eigenvalue weighted by Crippen LogP contribution is -2.24. The molecule has 3 aromatic carbocycles.